The molecular formula is C15H30. The molecule has 1 fully saturated rings. The number of rotatable bonds is 4. The van der Waals surface area contributed by atoms with Gasteiger partial charge in [-0.1, -0.05) is 61.3 Å². The molecule has 0 heterocycles. The van der Waals surface area contributed by atoms with Gasteiger partial charge in [0, 0.05) is 0 Å². The van der Waals surface area contributed by atoms with Crippen LogP contribution in [0, 0.1) is 35.0 Å². The highest BCUT2D eigenvalue weighted by molar-refractivity contribution is 5.04. The van der Waals surface area contributed by atoms with Crippen LogP contribution in [0.2, 0.25) is 0 Å². The smallest absolute Gasteiger partial charge is 0.0243 e. The van der Waals surface area contributed by atoms with Crippen molar-refractivity contribution in [3.63, 3.8) is 0 Å². The van der Waals surface area contributed by atoms with Crippen molar-refractivity contribution in [3.8, 4) is 0 Å². The normalized spacial score (nSPS) is 42.8. The second-order valence-electron chi connectivity index (χ2n) is 6.45. The van der Waals surface area contributed by atoms with E-state index in [0.717, 1.165) is 29.6 Å². The van der Waals surface area contributed by atoms with E-state index in [1.54, 1.807) is 0 Å². The van der Waals surface area contributed by atoms with Gasteiger partial charge in [0.15, 0.2) is 0 Å². The van der Waals surface area contributed by atoms with Crippen molar-refractivity contribution in [3.05, 3.63) is 0 Å². The highest BCUT2D eigenvalue weighted by Gasteiger charge is 2.56. The van der Waals surface area contributed by atoms with Gasteiger partial charge in [-0.3, -0.25) is 0 Å². The summed E-state index contributed by atoms with van der Waals surface area (Å²) in [6, 6.07) is 0. The second-order valence-corrected chi connectivity index (χ2v) is 6.45. The minimum atomic E-state index is 0.602. The Kier molecular flexibility index (Phi) is 3.90. The molecule has 0 nitrogen and oxygen atoms in total. The standard InChI is InChI=1S/C15H30/c1-8-9-11(4)15(7)12(5)14(10(2)3)13(15)6/h10-14H,8-9H2,1-7H3. The van der Waals surface area contributed by atoms with Gasteiger partial charge in [0.05, 0.1) is 0 Å². The van der Waals surface area contributed by atoms with Crippen molar-refractivity contribution < 1.29 is 0 Å². The summed E-state index contributed by atoms with van der Waals surface area (Å²) in [6.45, 7) is 17.1. The largest absolute Gasteiger partial charge is 0.0654 e. The van der Waals surface area contributed by atoms with Crippen molar-refractivity contribution in [2.75, 3.05) is 0 Å². The minimum absolute atomic E-state index is 0.602. The Morgan fingerprint density at radius 2 is 1.53 bits per heavy atom. The summed E-state index contributed by atoms with van der Waals surface area (Å²) in [5, 5.41) is 0. The molecule has 3 unspecified atom stereocenters. The Morgan fingerprint density at radius 3 is 1.87 bits per heavy atom. The number of hydrogen-bond acceptors (Lipinski definition) is 0. The first kappa shape index (κ1) is 13.1. The van der Waals surface area contributed by atoms with Crippen LogP contribution in [0.3, 0.4) is 0 Å². The summed E-state index contributed by atoms with van der Waals surface area (Å²) in [6.07, 6.45) is 2.73. The third-order valence-corrected chi connectivity index (χ3v) is 5.67. The molecule has 1 saturated carbocycles. The quantitative estimate of drug-likeness (QED) is 0.613. The van der Waals surface area contributed by atoms with Crippen LogP contribution in [-0.2, 0) is 0 Å². The van der Waals surface area contributed by atoms with E-state index >= 15 is 0 Å². The molecule has 0 spiro atoms. The fourth-order valence-electron chi connectivity index (χ4n) is 4.35. The topological polar surface area (TPSA) is 0 Å². The van der Waals surface area contributed by atoms with Crippen LogP contribution in [0.5, 0.6) is 0 Å². The lowest BCUT2D eigenvalue weighted by Gasteiger charge is -2.63. The van der Waals surface area contributed by atoms with E-state index in [2.05, 4.69) is 48.5 Å². The van der Waals surface area contributed by atoms with Gasteiger partial charge in [0.1, 0.15) is 0 Å². The molecule has 1 aliphatic carbocycles. The molecule has 0 saturated heterocycles. The van der Waals surface area contributed by atoms with Gasteiger partial charge >= 0.3 is 0 Å². The van der Waals surface area contributed by atoms with Crippen molar-refractivity contribution in [2.24, 2.45) is 35.0 Å². The molecule has 0 bridgehead atoms. The first-order valence-electron chi connectivity index (χ1n) is 6.87. The van der Waals surface area contributed by atoms with E-state index < -0.39 is 0 Å². The van der Waals surface area contributed by atoms with Crippen LogP contribution in [0.1, 0.15) is 61.3 Å². The first-order valence-corrected chi connectivity index (χ1v) is 6.87. The fraction of sp³-hybridized carbons (Fsp3) is 1.00. The van der Waals surface area contributed by atoms with Crippen molar-refractivity contribution in [1.82, 2.24) is 0 Å². The molecule has 0 aliphatic heterocycles. The van der Waals surface area contributed by atoms with E-state index in [4.69, 9.17) is 0 Å². The van der Waals surface area contributed by atoms with Gasteiger partial charge in [-0.2, -0.15) is 0 Å². The van der Waals surface area contributed by atoms with Gasteiger partial charge in [0.2, 0.25) is 0 Å². The third-order valence-electron chi connectivity index (χ3n) is 5.67. The fourth-order valence-corrected chi connectivity index (χ4v) is 4.35. The zero-order chi connectivity index (χ0) is 11.8. The Bertz CT molecular complexity index is 194. The molecule has 15 heavy (non-hydrogen) atoms. The summed E-state index contributed by atoms with van der Waals surface area (Å²) in [5.41, 5.74) is 0.602. The minimum Gasteiger partial charge on any atom is -0.0654 e. The Morgan fingerprint density at radius 1 is 1.07 bits per heavy atom. The Hall–Kier alpha value is 0. The molecule has 0 radical (unpaired) electrons. The molecule has 0 aromatic rings. The monoisotopic (exact) mass is 210 g/mol. The molecule has 0 amide bonds. The van der Waals surface area contributed by atoms with E-state index in [0.29, 0.717) is 5.41 Å². The van der Waals surface area contributed by atoms with Crippen molar-refractivity contribution in [1.29, 1.82) is 0 Å². The van der Waals surface area contributed by atoms with Crippen molar-refractivity contribution in [2.45, 2.75) is 61.3 Å². The zero-order valence-corrected chi connectivity index (χ0v) is 11.8. The average Bonchev–Trinajstić information content (AvgIpc) is 2.16. The maximum absolute atomic E-state index is 2.53. The lowest BCUT2D eigenvalue weighted by molar-refractivity contribution is -0.148. The van der Waals surface area contributed by atoms with Crippen LogP contribution in [0.15, 0.2) is 0 Å². The van der Waals surface area contributed by atoms with Crippen LogP contribution in [0.4, 0.5) is 0 Å². The summed E-state index contributed by atoms with van der Waals surface area (Å²) in [7, 11) is 0. The maximum atomic E-state index is 2.53. The maximum Gasteiger partial charge on any atom is -0.0243 e. The van der Waals surface area contributed by atoms with E-state index in [1.165, 1.54) is 12.8 Å². The molecule has 1 aliphatic rings. The molecule has 90 valence electrons. The molecular weight excluding hydrogens is 180 g/mol. The van der Waals surface area contributed by atoms with Crippen molar-refractivity contribution >= 4 is 0 Å². The third kappa shape index (κ3) is 1.85. The summed E-state index contributed by atoms with van der Waals surface area (Å²) < 4.78 is 0. The van der Waals surface area contributed by atoms with Gasteiger partial charge in [-0.25, -0.2) is 0 Å². The molecule has 0 heteroatoms. The number of hydrogen-bond donors (Lipinski definition) is 0. The molecule has 3 atom stereocenters. The van der Waals surface area contributed by atoms with Gasteiger partial charge in [0.25, 0.3) is 0 Å². The highest BCUT2D eigenvalue weighted by Crippen LogP contribution is 2.62. The predicted molar refractivity (Wildman–Crippen MR) is 68.8 cm³/mol. The SMILES string of the molecule is CCCC(C)C1(C)C(C)C(C(C)C)C1C. The lowest BCUT2D eigenvalue weighted by Crippen LogP contribution is -2.57. The molecule has 1 rings (SSSR count). The Balaban J connectivity index is 2.72. The molecule has 0 aromatic carbocycles. The molecule has 0 aromatic heterocycles. The lowest BCUT2D eigenvalue weighted by atomic mass is 9.42. The summed E-state index contributed by atoms with van der Waals surface area (Å²) in [5.74, 6) is 4.52. The Labute approximate surface area is 96.8 Å². The van der Waals surface area contributed by atoms with Crippen LogP contribution >= 0.6 is 0 Å². The predicted octanol–water partition coefficient (Wildman–Crippen LogP) is 4.99. The van der Waals surface area contributed by atoms with E-state index in [9.17, 15) is 0 Å². The summed E-state index contributed by atoms with van der Waals surface area (Å²) in [4.78, 5) is 0. The first-order chi connectivity index (χ1) is 6.87. The van der Waals surface area contributed by atoms with Gasteiger partial charge in [-0.15, -0.1) is 0 Å². The van der Waals surface area contributed by atoms with Crippen LogP contribution in [-0.4, -0.2) is 0 Å². The second kappa shape index (κ2) is 4.47. The average molecular weight is 210 g/mol. The summed E-state index contributed by atoms with van der Waals surface area (Å²) >= 11 is 0. The van der Waals surface area contributed by atoms with Gasteiger partial charge in [-0.05, 0) is 35.0 Å². The molecule has 0 N–H and O–H groups in total. The van der Waals surface area contributed by atoms with E-state index in [-0.39, 0.29) is 0 Å². The van der Waals surface area contributed by atoms with Gasteiger partial charge < -0.3 is 0 Å². The van der Waals surface area contributed by atoms with Crippen LogP contribution in [0.25, 0.3) is 0 Å². The van der Waals surface area contributed by atoms with Crippen LogP contribution < -0.4 is 0 Å². The zero-order valence-electron chi connectivity index (χ0n) is 11.8. The highest BCUT2D eigenvalue weighted by atomic mass is 14.6. The van der Waals surface area contributed by atoms with E-state index in [1.807, 2.05) is 0 Å².